The van der Waals surface area contributed by atoms with E-state index in [4.69, 9.17) is 14.6 Å². The summed E-state index contributed by atoms with van der Waals surface area (Å²) in [5.74, 6) is 1.12. The molecule has 5 aromatic rings. The van der Waals surface area contributed by atoms with Crippen molar-refractivity contribution in [3.8, 4) is 28.4 Å². The van der Waals surface area contributed by atoms with E-state index in [0.717, 1.165) is 38.8 Å². The number of halogens is 1. The Morgan fingerprint density at radius 2 is 1.57 bits per heavy atom. The lowest BCUT2D eigenvalue weighted by atomic mass is 10.1. The zero-order chi connectivity index (χ0) is 20.1. The molecule has 5 nitrogen and oxygen atoms in total. The molecule has 0 aliphatic carbocycles. The zero-order valence-electron chi connectivity index (χ0n) is 15.9. The molecule has 1 aliphatic heterocycles. The highest BCUT2D eigenvalue weighted by Crippen LogP contribution is 2.39. The summed E-state index contributed by atoms with van der Waals surface area (Å²) in [5, 5.41) is 6.71. The van der Waals surface area contributed by atoms with Crippen LogP contribution in [0.2, 0.25) is 0 Å². The minimum atomic E-state index is -0.280. The fourth-order valence-electron chi connectivity index (χ4n) is 3.90. The van der Waals surface area contributed by atoms with Gasteiger partial charge in [-0.1, -0.05) is 18.2 Å². The average Bonchev–Trinajstić information content (AvgIpc) is 3.19. The summed E-state index contributed by atoms with van der Waals surface area (Å²) in [5.41, 5.74) is 4.23. The largest absolute Gasteiger partial charge is 0.486 e. The highest BCUT2D eigenvalue weighted by Gasteiger charge is 2.20. The average molecular weight is 397 g/mol. The summed E-state index contributed by atoms with van der Waals surface area (Å²) < 4.78 is 26.9. The van der Waals surface area contributed by atoms with Crippen LogP contribution in [0.4, 0.5) is 4.39 Å². The van der Waals surface area contributed by atoms with Crippen molar-refractivity contribution in [3.05, 3.63) is 78.7 Å². The van der Waals surface area contributed by atoms with Gasteiger partial charge in [-0.2, -0.15) is 5.10 Å². The van der Waals surface area contributed by atoms with Gasteiger partial charge in [-0.15, -0.1) is 0 Å². The van der Waals surface area contributed by atoms with Gasteiger partial charge in [-0.25, -0.2) is 9.07 Å². The lowest BCUT2D eigenvalue weighted by molar-refractivity contribution is 0.172. The Morgan fingerprint density at radius 1 is 0.833 bits per heavy atom. The standard InChI is InChI=1S/C24H16FN3O2/c25-16-8-6-15(7-9-16)23-19-14-26-20-13-22-21(29-10-11-30-22)12-18(20)24(19)28(27-23)17-4-2-1-3-5-17/h1-9,12-14H,10-11H2. The van der Waals surface area contributed by atoms with E-state index >= 15 is 0 Å². The molecule has 6 rings (SSSR count). The maximum atomic E-state index is 13.5. The molecule has 0 bridgehead atoms. The number of ether oxygens (including phenoxy) is 2. The number of rotatable bonds is 2. The zero-order valence-corrected chi connectivity index (χ0v) is 15.9. The van der Waals surface area contributed by atoms with Gasteiger partial charge in [0.15, 0.2) is 11.5 Å². The summed E-state index contributed by atoms with van der Waals surface area (Å²) >= 11 is 0. The number of aromatic nitrogens is 3. The molecule has 0 saturated carbocycles. The van der Waals surface area contributed by atoms with Crippen molar-refractivity contribution in [2.24, 2.45) is 0 Å². The molecular weight excluding hydrogens is 381 g/mol. The third-order valence-corrected chi connectivity index (χ3v) is 5.29. The first-order chi connectivity index (χ1) is 14.8. The summed E-state index contributed by atoms with van der Waals surface area (Å²) in [6.45, 7) is 1.04. The molecule has 3 heterocycles. The molecule has 0 atom stereocenters. The predicted octanol–water partition coefficient (Wildman–Crippen LogP) is 5.15. The second kappa shape index (κ2) is 6.56. The van der Waals surface area contributed by atoms with Gasteiger partial charge in [0, 0.05) is 28.6 Å². The lowest BCUT2D eigenvalue weighted by Gasteiger charge is -2.19. The molecule has 2 aromatic heterocycles. The summed E-state index contributed by atoms with van der Waals surface area (Å²) in [6, 6.07) is 20.2. The molecule has 1 aliphatic rings. The molecule has 6 heteroatoms. The summed E-state index contributed by atoms with van der Waals surface area (Å²) in [7, 11) is 0. The van der Waals surface area contributed by atoms with Crippen molar-refractivity contribution < 1.29 is 13.9 Å². The predicted molar refractivity (Wildman–Crippen MR) is 113 cm³/mol. The molecule has 0 radical (unpaired) electrons. The monoisotopic (exact) mass is 397 g/mol. The maximum Gasteiger partial charge on any atom is 0.163 e. The number of para-hydroxylation sites is 1. The van der Waals surface area contributed by atoms with E-state index in [9.17, 15) is 4.39 Å². The molecule has 0 amide bonds. The molecule has 146 valence electrons. The minimum Gasteiger partial charge on any atom is -0.486 e. The van der Waals surface area contributed by atoms with Crippen molar-refractivity contribution >= 4 is 21.8 Å². The Labute approximate surface area is 171 Å². The van der Waals surface area contributed by atoms with Gasteiger partial charge in [-0.05, 0) is 42.5 Å². The van der Waals surface area contributed by atoms with Crippen LogP contribution in [-0.2, 0) is 0 Å². The van der Waals surface area contributed by atoms with Gasteiger partial charge in [0.2, 0.25) is 0 Å². The number of benzene rings is 3. The Morgan fingerprint density at radius 3 is 2.33 bits per heavy atom. The summed E-state index contributed by atoms with van der Waals surface area (Å²) in [6.07, 6.45) is 1.82. The van der Waals surface area contributed by atoms with Crippen LogP contribution < -0.4 is 9.47 Å². The van der Waals surface area contributed by atoms with Crippen LogP contribution in [0.15, 0.2) is 72.9 Å². The van der Waals surface area contributed by atoms with Crippen molar-refractivity contribution in [2.45, 2.75) is 0 Å². The Bertz CT molecular complexity index is 1400. The number of fused-ring (bicyclic) bond motifs is 4. The lowest BCUT2D eigenvalue weighted by Crippen LogP contribution is -2.15. The Hall–Kier alpha value is -3.93. The van der Waals surface area contributed by atoms with Crippen molar-refractivity contribution in [1.29, 1.82) is 0 Å². The third-order valence-electron chi connectivity index (χ3n) is 5.29. The van der Waals surface area contributed by atoms with E-state index in [0.29, 0.717) is 24.7 Å². The molecular formula is C24H16FN3O2. The van der Waals surface area contributed by atoms with Crippen LogP contribution in [0.25, 0.3) is 38.8 Å². The second-order valence-electron chi connectivity index (χ2n) is 7.14. The fourth-order valence-corrected chi connectivity index (χ4v) is 3.90. The van der Waals surface area contributed by atoms with Crippen LogP contribution in [0.3, 0.4) is 0 Å². The third kappa shape index (κ3) is 2.61. The van der Waals surface area contributed by atoms with Gasteiger partial charge in [0.05, 0.1) is 16.7 Å². The van der Waals surface area contributed by atoms with Crippen LogP contribution in [0.1, 0.15) is 0 Å². The van der Waals surface area contributed by atoms with Crippen molar-refractivity contribution in [2.75, 3.05) is 13.2 Å². The first-order valence-electron chi connectivity index (χ1n) is 9.70. The smallest absolute Gasteiger partial charge is 0.163 e. The van der Waals surface area contributed by atoms with Gasteiger partial charge < -0.3 is 9.47 Å². The van der Waals surface area contributed by atoms with E-state index in [1.807, 2.05) is 53.3 Å². The van der Waals surface area contributed by atoms with Crippen molar-refractivity contribution in [3.63, 3.8) is 0 Å². The highest BCUT2D eigenvalue weighted by molar-refractivity contribution is 6.09. The van der Waals surface area contributed by atoms with Gasteiger partial charge in [0.1, 0.15) is 24.7 Å². The van der Waals surface area contributed by atoms with E-state index in [1.165, 1.54) is 12.1 Å². The van der Waals surface area contributed by atoms with Crippen LogP contribution in [0.5, 0.6) is 11.5 Å². The topological polar surface area (TPSA) is 49.2 Å². The first kappa shape index (κ1) is 17.0. The van der Waals surface area contributed by atoms with Gasteiger partial charge >= 0.3 is 0 Å². The molecule has 0 spiro atoms. The van der Waals surface area contributed by atoms with E-state index in [1.54, 1.807) is 12.1 Å². The second-order valence-corrected chi connectivity index (χ2v) is 7.14. The summed E-state index contributed by atoms with van der Waals surface area (Å²) in [4.78, 5) is 4.67. The molecule has 0 saturated heterocycles. The molecule has 3 aromatic carbocycles. The van der Waals surface area contributed by atoms with Crippen LogP contribution in [0, 0.1) is 5.82 Å². The van der Waals surface area contributed by atoms with E-state index in [-0.39, 0.29) is 5.82 Å². The van der Waals surface area contributed by atoms with Crippen molar-refractivity contribution in [1.82, 2.24) is 14.8 Å². The Kier molecular flexibility index (Phi) is 3.71. The fraction of sp³-hybridized carbons (Fsp3) is 0.0833. The van der Waals surface area contributed by atoms with E-state index in [2.05, 4.69) is 4.98 Å². The van der Waals surface area contributed by atoms with Gasteiger partial charge in [-0.3, -0.25) is 4.98 Å². The molecule has 0 N–H and O–H groups in total. The molecule has 0 unspecified atom stereocenters. The number of pyridine rings is 1. The molecule has 30 heavy (non-hydrogen) atoms. The Balaban J connectivity index is 1.71. The SMILES string of the molecule is Fc1ccc(-c2nn(-c3ccccc3)c3c2cnc2cc4c(cc23)OCCO4)cc1. The first-order valence-corrected chi connectivity index (χ1v) is 9.70. The van der Waals surface area contributed by atoms with E-state index < -0.39 is 0 Å². The quantitative estimate of drug-likeness (QED) is 0.413. The van der Waals surface area contributed by atoms with Crippen LogP contribution >= 0.6 is 0 Å². The number of hydrogen-bond acceptors (Lipinski definition) is 4. The van der Waals surface area contributed by atoms with Gasteiger partial charge in [0.25, 0.3) is 0 Å². The highest BCUT2D eigenvalue weighted by atomic mass is 19.1. The number of nitrogens with zero attached hydrogens (tertiary/aromatic N) is 3. The number of hydrogen-bond donors (Lipinski definition) is 0. The normalized spacial score (nSPS) is 13.1. The van der Waals surface area contributed by atoms with Crippen LogP contribution in [-0.4, -0.2) is 28.0 Å². The maximum absolute atomic E-state index is 13.5. The minimum absolute atomic E-state index is 0.280. The molecule has 0 fully saturated rings.